The van der Waals surface area contributed by atoms with E-state index in [0.29, 0.717) is 11.7 Å². The summed E-state index contributed by atoms with van der Waals surface area (Å²) in [6, 6.07) is 7.86. The first-order valence-corrected chi connectivity index (χ1v) is 4.38. The zero-order valence-electron chi connectivity index (χ0n) is 8.11. The molecule has 0 spiro atoms. The predicted octanol–water partition coefficient (Wildman–Crippen LogP) is 2.09. The van der Waals surface area contributed by atoms with Crippen LogP contribution in [0.15, 0.2) is 28.8 Å². The summed E-state index contributed by atoms with van der Waals surface area (Å²) in [5.41, 5.74) is 2.02. The lowest BCUT2D eigenvalue weighted by molar-refractivity contribution is 0.394. The smallest absolute Gasteiger partial charge is 0.223 e. The van der Waals surface area contributed by atoms with E-state index in [-0.39, 0.29) is 0 Å². The molecule has 0 saturated heterocycles. The van der Waals surface area contributed by atoms with E-state index in [2.05, 4.69) is 15.5 Å². The minimum Gasteiger partial charge on any atom is -0.388 e. The van der Waals surface area contributed by atoms with Crippen molar-refractivity contribution in [2.24, 2.45) is 0 Å². The molecule has 4 nitrogen and oxygen atoms in total. The van der Waals surface area contributed by atoms with Crippen molar-refractivity contribution >= 4 is 5.69 Å². The summed E-state index contributed by atoms with van der Waals surface area (Å²) in [5, 5.41) is 6.88. The van der Waals surface area contributed by atoms with Crippen LogP contribution in [0.5, 0.6) is 0 Å². The van der Waals surface area contributed by atoms with E-state index < -0.39 is 0 Å². The molecule has 1 N–H and O–H groups in total. The molecule has 0 aliphatic heterocycles. The molecule has 0 fully saturated rings. The molecule has 0 aliphatic carbocycles. The lowest BCUT2D eigenvalue weighted by atomic mass is 10.2. The van der Waals surface area contributed by atoms with Crippen molar-refractivity contribution in [3.05, 3.63) is 30.2 Å². The Bertz CT molecular complexity index is 419. The summed E-state index contributed by atoms with van der Waals surface area (Å²) in [4.78, 5) is 4.14. The molecule has 1 heterocycles. The zero-order valence-corrected chi connectivity index (χ0v) is 8.11. The summed E-state index contributed by atoms with van der Waals surface area (Å²) in [6.45, 7) is 1.78. The maximum atomic E-state index is 4.90. The van der Waals surface area contributed by atoms with Crippen LogP contribution >= 0.6 is 0 Å². The van der Waals surface area contributed by atoms with Crippen LogP contribution in [0, 0.1) is 6.92 Å². The highest BCUT2D eigenvalue weighted by Crippen LogP contribution is 2.17. The Kier molecular flexibility index (Phi) is 2.18. The molecule has 1 aromatic carbocycles. The molecule has 4 heteroatoms. The number of hydrogen-bond acceptors (Lipinski definition) is 4. The molecule has 0 saturated carbocycles. The molecule has 0 aliphatic rings. The highest BCUT2D eigenvalue weighted by atomic mass is 16.5. The summed E-state index contributed by atoms with van der Waals surface area (Å²) in [6.07, 6.45) is 0. The first-order valence-electron chi connectivity index (χ1n) is 4.38. The molecular weight excluding hydrogens is 178 g/mol. The fraction of sp³-hybridized carbons (Fsp3) is 0.200. The number of nitrogens with one attached hydrogen (secondary N) is 1. The lowest BCUT2D eigenvalue weighted by Crippen LogP contribution is -1.87. The van der Waals surface area contributed by atoms with Gasteiger partial charge in [0.25, 0.3) is 0 Å². The van der Waals surface area contributed by atoms with Gasteiger partial charge in [-0.15, -0.1) is 0 Å². The minimum absolute atomic E-state index is 0.581. The van der Waals surface area contributed by atoms with Crippen LogP contribution in [0.25, 0.3) is 11.4 Å². The largest absolute Gasteiger partial charge is 0.388 e. The molecule has 2 aromatic rings. The van der Waals surface area contributed by atoms with Crippen LogP contribution in [-0.2, 0) is 0 Å². The van der Waals surface area contributed by atoms with Gasteiger partial charge in [0.15, 0.2) is 0 Å². The standard InChI is InChI=1S/C10H11N3O/c1-7-12-10(13-14-7)8-3-5-9(11-2)6-4-8/h3-6,11H,1-2H3. The molecule has 0 radical (unpaired) electrons. The van der Waals surface area contributed by atoms with Crippen LogP contribution in [0.3, 0.4) is 0 Å². The van der Waals surface area contributed by atoms with Gasteiger partial charge in [0.05, 0.1) is 0 Å². The summed E-state index contributed by atoms with van der Waals surface area (Å²) in [7, 11) is 1.88. The quantitative estimate of drug-likeness (QED) is 0.785. The van der Waals surface area contributed by atoms with E-state index in [1.54, 1.807) is 6.92 Å². The molecule has 0 atom stereocenters. The van der Waals surface area contributed by atoms with Gasteiger partial charge < -0.3 is 9.84 Å². The number of hydrogen-bond donors (Lipinski definition) is 1. The average Bonchev–Trinajstić information content (AvgIpc) is 2.65. The van der Waals surface area contributed by atoms with E-state index in [0.717, 1.165) is 11.3 Å². The third-order valence-electron chi connectivity index (χ3n) is 1.96. The van der Waals surface area contributed by atoms with Crippen molar-refractivity contribution < 1.29 is 4.52 Å². The Morgan fingerprint density at radius 2 is 1.93 bits per heavy atom. The van der Waals surface area contributed by atoms with E-state index in [1.807, 2.05) is 31.3 Å². The maximum Gasteiger partial charge on any atom is 0.223 e. The second-order valence-electron chi connectivity index (χ2n) is 2.96. The van der Waals surface area contributed by atoms with Crippen molar-refractivity contribution in [3.63, 3.8) is 0 Å². The Morgan fingerprint density at radius 3 is 2.43 bits per heavy atom. The molecule has 0 unspecified atom stereocenters. The van der Waals surface area contributed by atoms with E-state index in [9.17, 15) is 0 Å². The fourth-order valence-electron chi connectivity index (χ4n) is 1.20. The van der Waals surface area contributed by atoms with Gasteiger partial charge in [-0.2, -0.15) is 4.98 Å². The van der Waals surface area contributed by atoms with Gasteiger partial charge in [-0.05, 0) is 24.3 Å². The Hall–Kier alpha value is -1.84. The third-order valence-corrected chi connectivity index (χ3v) is 1.96. The molecule has 72 valence electrons. The number of rotatable bonds is 2. The van der Waals surface area contributed by atoms with Gasteiger partial charge >= 0.3 is 0 Å². The van der Waals surface area contributed by atoms with Gasteiger partial charge in [-0.25, -0.2) is 0 Å². The Labute approximate surface area is 82.0 Å². The molecular formula is C10H11N3O. The Balaban J connectivity index is 2.33. The highest BCUT2D eigenvalue weighted by molar-refractivity contribution is 5.59. The molecule has 2 rings (SSSR count). The average molecular weight is 189 g/mol. The predicted molar refractivity (Wildman–Crippen MR) is 54.0 cm³/mol. The van der Waals surface area contributed by atoms with Crippen molar-refractivity contribution in [1.82, 2.24) is 10.1 Å². The molecule has 1 aromatic heterocycles. The number of nitrogens with zero attached hydrogens (tertiary/aromatic N) is 2. The van der Waals surface area contributed by atoms with Crippen LogP contribution in [0.2, 0.25) is 0 Å². The van der Waals surface area contributed by atoms with Gasteiger partial charge in [-0.1, -0.05) is 5.16 Å². The van der Waals surface area contributed by atoms with Gasteiger partial charge in [0.2, 0.25) is 11.7 Å². The second-order valence-corrected chi connectivity index (χ2v) is 2.96. The van der Waals surface area contributed by atoms with Crippen LogP contribution in [0.4, 0.5) is 5.69 Å². The normalized spacial score (nSPS) is 10.1. The SMILES string of the molecule is CNc1ccc(-c2noc(C)n2)cc1. The maximum absolute atomic E-state index is 4.90. The van der Waals surface area contributed by atoms with Crippen LogP contribution < -0.4 is 5.32 Å². The van der Waals surface area contributed by atoms with Crippen molar-refractivity contribution in [2.45, 2.75) is 6.92 Å². The van der Waals surface area contributed by atoms with Crippen molar-refractivity contribution in [1.29, 1.82) is 0 Å². The molecule has 0 bridgehead atoms. The number of benzene rings is 1. The monoisotopic (exact) mass is 189 g/mol. The topological polar surface area (TPSA) is 51.0 Å². The van der Waals surface area contributed by atoms with Gasteiger partial charge in [0.1, 0.15) is 0 Å². The first-order chi connectivity index (χ1) is 6.79. The summed E-state index contributed by atoms with van der Waals surface area (Å²) < 4.78 is 4.90. The third kappa shape index (κ3) is 1.59. The number of anilines is 1. The molecule has 0 amide bonds. The minimum atomic E-state index is 0.581. The highest BCUT2D eigenvalue weighted by Gasteiger charge is 2.04. The van der Waals surface area contributed by atoms with E-state index in [1.165, 1.54) is 0 Å². The molecule has 14 heavy (non-hydrogen) atoms. The van der Waals surface area contributed by atoms with Crippen LogP contribution in [-0.4, -0.2) is 17.2 Å². The Morgan fingerprint density at radius 1 is 1.21 bits per heavy atom. The van der Waals surface area contributed by atoms with Crippen molar-refractivity contribution in [3.8, 4) is 11.4 Å². The van der Waals surface area contributed by atoms with E-state index in [4.69, 9.17) is 4.52 Å². The summed E-state index contributed by atoms with van der Waals surface area (Å²) in [5.74, 6) is 1.21. The lowest BCUT2D eigenvalue weighted by Gasteiger charge is -1.99. The summed E-state index contributed by atoms with van der Waals surface area (Å²) >= 11 is 0. The number of aryl methyl sites for hydroxylation is 1. The van der Waals surface area contributed by atoms with Crippen LogP contribution in [0.1, 0.15) is 5.89 Å². The second kappa shape index (κ2) is 3.49. The van der Waals surface area contributed by atoms with Gasteiger partial charge in [-0.3, -0.25) is 0 Å². The van der Waals surface area contributed by atoms with Crippen molar-refractivity contribution in [2.75, 3.05) is 12.4 Å². The fourth-order valence-corrected chi connectivity index (χ4v) is 1.20. The first kappa shape index (κ1) is 8.74. The van der Waals surface area contributed by atoms with Gasteiger partial charge in [0, 0.05) is 25.2 Å². The zero-order chi connectivity index (χ0) is 9.97. The number of aromatic nitrogens is 2. The van der Waals surface area contributed by atoms with E-state index >= 15 is 0 Å².